The van der Waals surface area contributed by atoms with Gasteiger partial charge in [0.05, 0.1) is 5.52 Å². The Balaban J connectivity index is 1.22. The fourth-order valence-electron chi connectivity index (χ4n) is 5.57. The summed E-state index contributed by atoms with van der Waals surface area (Å²) in [6, 6.07) is 15.9. The number of aromatic nitrogens is 3. The number of allylic oxidation sites excluding steroid dienone is 4. The van der Waals surface area contributed by atoms with Crippen molar-refractivity contribution in [3.05, 3.63) is 101 Å². The van der Waals surface area contributed by atoms with Crippen LogP contribution in [0.2, 0.25) is 0 Å². The molecule has 1 aliphatic heterocycles. The number of fused-ring (bicyclic) bond motifs is 1. The first kappa shape index (κ1) is 26.8. The zero-order valence-electron chi connectivity index (χ0n) is 23.3. The topological polar surface area (TPSA) is 64.2 Å². The lowest BCUT2D eigenvalue weighted by atomic mass is 9.96. The molecule has 1 saturated heterocycles. The monoisotopic (exact) mass is 522 g/mol. The third kappa shape index (κ3) is 5.96. The molecule has 0 radical (unpaired) electrons. The van der Waals surface area contributed by atoms with Crippen LogP contribution in [-0.2, 0) is 13.0 Å². The van der Waals surface area contributed by atoms with Crippen molar-refractivity contribution in [3.63, 3.8) is 0 Å². The lowest BCUT2D eigenvalue weighted by Crippen LogP contribution is -2.34. The number of likely N-dealkylation sites (tertiary alicyclic amines) is 1. The molecule has 6 nitrogen and oxygen atoms in total. The van der Waals surface area contributed by atoms with Gasteiger partial charge in [-0.25, -0.2) is 0 Å². The van der Waals surface area contributed by atoms with E-state index in [-0.39, 0.29) is 5.78 Å². The predicted octanol–water partition coefficient (Wildman–Crippen LogP) is 7.07. The molecule has 3 heterocycles. The number of nitrogens with zero attached hydrogens (tertiary/aromatic N) is 4. The van der Waals surface area contributed by atoms with Crippen LogP contribution in [0, 0.1) is 0 Å². The summed E-state index contributed by atoms with van der Waals surface area (Å²) < 4.78 is 7.93. The van der Waals surface area contributed by atoms with Gasteiger partial charge in [-0.05, 0) is 70.3 Å². The van der Waals surface area contributed by atoms with Crippen LogP contribution in [0.15, 0.2) is 77.5 Å². The maximum atomic E-state index is 13.4. The molecule has 6 heteroatoms. The molecular formula is C33H38N4O2. The van der Waals surface area contributed by atoms with Crippen LogP contribution in [0.4, 0.5) is 0 Å². The number of carbonyl (C=O) groups is 1. The lowest BCUT2D eigenvalue weighted by molar-refractivity contribution is 0.104. The zero-order chi connectivity index (χ0) is 27.2. The second-order valence-electron chi connectivity index (χ2n) is 10.4. The average molecular weight is 523 g/mol. The van der Waals surface area contributed by atoms with E-state index in [1.807, 2.05) is 62.4 Å². The summed E-state index contributed by atoms with van der Waals surface area (Å²) in [5.74, 6) is 1.86. The number of carbonyl (C=O) groups excluding carboxylic acids is 1. The molecule has 2 aromatic carbocycles. The fourth-order valence-corrected chi connectivity index (χ4v) is 5.57. The zero-order valence-corrected chi connectivity index (χ0v) is 23.3. The smallest absolute Gasteiger partial charge is 0.230 e. The van der Waals surface area contributed by atoms with Gasteiger partial charge in [0, 0.05) is 35.2 Å². The Bertz CT molecular complexity index is 1470. The van der Waals surface area contributed by atoms with Gasteiger partial charge in [-0.15, -0.1) is 0 Å². The van der Waals surface area contributed by atoms with Crippen LogP contribution < -0.4 is 0 Å². The molecule has 4 aromatic rings. The van der Waals surface area contributed by atoms with Gasteiger partial charge in [0.1, 0.15) is 0 Å². The third-order valence-electron chi connectivity index (χ3n) is 7.79. The molecule has 1 aliphatic rings. The molecule has 0 aliphatic carbocycles. The van der Waals surface area contributed by atoms with Crippen molar-refractivity contribution in [1.29, 1.82) is 0 Å². The number of rotatable bonds is 10. The minimum absolute atomic E-state index is 0.0892. The number of ketones is 1. The number of para-hydroxylation sites is 1. The molecule has 0 amide bonds. The molecule has 39 heavy (non-hydrogen) atoms. The van der Waals surface area contributed by atoms with Crippen LogP contribution in [0.5, 0.6) is 0 Å². The van der Waals surface area contributed by atoms with E-state index in [1.54, 1.807) is 0 Å². The number of hydrogen-bond donors (Lipinski definition) is 0. The average Bonchev–Trinajstić information content (AvgIpc) is 3.62. The molecule has 0 N–H and O–H groups in total. The summed E-state index contributed by atoms with van der Waals surface area (Å²) >= 11 is 0. The van der Waals surface area contributed by atoms with Crippen LogP contribution in [-0.4, -0.2) is 45.0 Å². The Morgan fingerprint density at radius 2 is 1.87 bits per heavy atom. The van der Waals surface area contributed by atoms with Crippen molar-refractivity contribution in [1.82, 2.24) is 19.6 Å². The Morgan fingerprint density at radius 1 is 1.08 bits per heavy atom. The van der Waals surface area contributed by atoms with E-state index in [4.69, 9.17) is 4.52 Å². The van der Waals surface area contributed by atoms with Crippen LogP contribution in [0.25, 0.3) is 16.5 Å². The Labute approximate surface area is 231 Å². The first-order chi connectivity index (χ1) is 19.1. The fraction of sp³-hybridized carbons (Fsp3) is 0.364. The summed E-state index contributed by atoms with van der Waals surface area (Å²) in [5.41, 5.74) is 5.03. The molecule has 202 valence electrons. The highest BCUT2D eigenvalue weighted by atomic mass is 16.5. The van der Waals surface area contributed by atoms with E-state index in [1.165, 1.54) is 11.1 Å². The third-order valence-corrected chi connectivity index (χ3v) is 7.79. The molecule has 0 atom stereocenters. The molecule has 0 bridgehead atoms. The quantitative estimate of drug-likeness (QED) is 0.165. The summed E-state index contributed by atoms with van der Waals surface area (Å²) in [6.45, 7) is 10.2. The van der Waals surface area contributed by atoms with E-state index in [2.05, 4.69) is 50.9 Å². The van der Waals surface area contributed by atoms with Crippen LogP contribution in [0.1, 0.15) is 79.2 Å². The van der Waals surface area contributed by atoms with Crippen molar-refractivity contribution in [3.8, 4) is 0 Å². The first-order valence-corrected chi connectivity index (χ1v) is 14.2. The Hall–Kier alpha value is -3.77. The standard InChI is InChI=1S/C33H38N4O2/c1-4-6-12-24(3)32-34-33(39-35-32)27-17-21-36(22-18-27)19-11-20-37-23-29(31(38)26-13-8-7-9-14-26)28-16-10-15-25(5-2)30(28)37/h4,6-10,12-16,23,27H,5,11,17-22H2,1-3H3/b6-4-,24-12+. The van der Waals surface area contributed by atoms with Gasteiger partial charge in [0.25, 0.3) is 0 Å². The second-order valence-corrected chi connectivity index (χ2v) is 10.4. The predicted molar refractivity (Wildman–Crippen MR) is 157 cm³/mol. The summed E-state index contributed by atoms with van der Waals surface area (Å²) in [7, 11) is 0. The van der Waals surface area contributed by atoms with Gasteiger partial charge in [-0.1, -0.05) is 78.8 Å². The van der Waals surface area contributed by atoms with Gasteiger partial charge in [0.15, 0.2) is 11.6 Å². The van der Waals surface area contributed by atoms with E-state index >= 15 is 0 Å². The van der Waals surface area contributed by atoms with E-state index < -0.39 is 0 Å². The van der Waals surface area contributed by atoms with Crippen LogP contribution in [0.3, 0.4) is 0 Å². The number of piperidine rings is 1. The molecule has 1 fully saturated rings. The number of benzene rings is 2. The molecule has 0 spiro atoms. The van der Waals surface area contributed by atoms with Crippen molar-refractivity contribution in [2.24, 2.45) is 0 Å². The summed E-state index contributed by atoms with van der Waals surface area (Å²) in [6.07, 6.45) is 12.1. The highest BCUT2D eigenvalue weighted by Crippen LogP contribution is 2.29. The SMILES string of the molecule is C/C=C\C=C(/C)c1noc(C2CCN(CCCn3cc(C(=O)c4ccccc4)c4cccc(CC)c43)CC2)n1. The van der Waals surface area contributed by atoms with Gasteiger partial charge in [0.2, 0.25) is 5.89 Å². The lowest BCUT2D eigenvalue weighted by Gasteiger charge is -2.30. The number of hydrogen-bond acceptors (Lipinski definition) is 5. The highest BCUT2D eigenvalue weighted by molar-refractivity contribution is 6.16. The van der Waals surface area contributed by atoms with Gasteiger partial charge >= 0.3 is 0 Å². The van der Waals surface area contributed by atoms with Crippen molar-refractivity contribution >= 4 is 22.3 Å². The Kier molecular flexibility index (Phi) is 8.52. The van der Waals surface area contributed by atoms with Gasteiger partial charge in [-0.2, -0.15) is 4.98 Å². The first-order valence-electron chi connectivity index (χ1n) is 14.2. The molecule has 0 unspecified atom stereocenters. The molecular weight excluding hydrogens is 484 g/mol. The molecule has 0 saturated carbocycles. The van der Waals surface area contributed by atoms with Crippen molar-refractivity contribution in [2.75, 3.05) is 19.6 Å². The maximum Gasteiger partial charge on any atom is 0.230 e. The van der Waals surface area contributed by atoms with Gasteiger partial charge in [-0.3, -0.25) is 4.79 Å². The van der Waals surface area contributed by atoms with Crippen molar-refractivity contribution in [2.45, 2.75) is 58.9 Å². The Morgan fingerprint density at radius 3 is 2.62 bits per heavy atom. The van der Waals surface area contributed by atoms with E-state index in [0.717, 1.165) is 79.8 Å². The van der Waals surface area contributed by atoms with E-state index in [0.29, 0.717) is 11.7 Å². The molecule has 2 aromatic heterocycles. The minimum Gasteiger partial charge on any atom is -0.346 e. The highest BCUT2D eigenvalue weighted by Gasteiger charge is 2.25. The van der Waals surface area contributed by atoms with Crippen molar-refractivity contribution < 1.29 is 9.32 Å². The normalized spacial score (nSPS) is 15.5. The number of aryl methyl sites for hydroxylation is 2. The summed E-state index contributed by atoms with van der Waals surface area (Å²) in [5, 5.41) is 5.24. The largest absolute Gasteiger partial charge is 0.346 e. The molecule has 5 rings (SSSR count). The van der Waals surface area contributed by atoms with Crippen LogP contribution >= 0.6 is 0 Å². The second kappa shape index (κ2) is 12.4. The minimum atomic E-state index is 0.0892. The summed E-state index contributed by atoms with van der Waals surface area (Å²) in [4.78, 5) is 20.6. The maximum absolute atomic E-state index is 13.4. The van der Waals surface area contributed by atoms with Gasteiger partial charge < -0.3 is 14.0 Å². The van der Waals surface area contributed by atoms with E-state index in [9.17, 15) is 4.79 Å².